The minimum atomic E-state index is -4.85. The molecule has 0 aromatic carbocycles. The van der Waals surface area contributed by atoms with Crippen molar-refractivity contribution in [3.8, 4) is 0 Å². The van der Waals surface area contributed by atoms with E-state index in [0.29, 0.717) is 0 Å². The van der Waals surface area contributed by atoms with Crippen LogP contribution in [0.15, 0.2) is 12.1 Å². The Balaban J connectivity index is 2.86. The summed E-state index contributed by atoms with van der Waals surface area (Å²) >= 11 is 10.9. The lowest BCUT2D eigenvalue weighted by molar-refractivity contribution is -0.170. The molecule has 1 aromatic rings. The van der Waals surface area contributed by atoms with Crippen LogP contribution in [0.25, 0.3) is 0 Å². The molecule has 0 saturated carbocycles. The van der Waals surface area contributed by atoms with Crippen molar-refractivity contribution in [2.75, 3.05) is 0 Å². The molecule has 2 nitrogen and oxygen atoms in total. The number of aromatic nitrogens is 1. The summed E-state index contributed by atoms with van der Waals surface area (Å²) in [6.07, 6.45) is -5.63. The Bertz CT molecular complexity index is 372. The molecule has 7 heteroatoms. The van der Waals surface area contributed by atoms with Gasteiger partial charge in [0.25, 0.3) is 0 Å². The Morgan fingerprint density at radius 1 is 1.27 bits per heavy atom. The average Bonchev–Trinajstić information content (AvgIpc) is 1.99. The molecular weight excluding hydrogens is 254 g/mol. The van der Waals surface area contributed by atoms with Crippen molar-refractivity contribution in [3.05, 3.63) is 28.0 Å². The van der Waals surface area contributed by atoms with Crippen molar-refractivity contribution in [1.29, 1.82) is 0 Å². The lowest BCUT2D eigenvalue weighted by atomic mass is 10.1. The molecule has 1 aromatic heterocycles. The van der Waals surface area contributed by atoms with E-state index in [9.17, 15) is 18.0 Å². The molecule has 82 valence electrons. The number of carbonyl (C=O) groups excluding carboxylic acids is 1. The Hall–Kier alpha value is -0.810. The van der Waals surface area contributed by atoms with Crippen molar-refractivity contribution in [1.82, 2.24) is 4.98 Å². The molecule has 0 bridgehead atoms. The first-order valence-corrected chi connectivity index (χ1v) is 4.46. The van der Waals surface area contributed by atoms with Gasteiger partial charge in [0.1, 0.15) is 10.3 Å². The van der Waals surface area contributed by atoms with Gasteiger partial charge in [-0.05, 0) is 17.7 Å². The van der Waals surface area contributed by atoms with E-state index in [0.717, 1.165) is 12.1 Å². The van der Waals surface area contributed by atoms with E-state index in [1.807, 2.05) is 0 Å². The van der Waals surface area contributed by atoms with Gasteiger partial charge in [-0.2, -0.15) is 13.2 Å². The third kappa shape index (κ3) is 3.68. The van der Waals surface area contributed by atoms with Crippen LogP contribution in [0.3, 0.4) is 0 Å². The van der Waals surface area contributed by atoms with E-state index in [1.54, 1.807) is 0 Å². The van der Waals surface area contributed by atoms with Crippen molar-refractivity contribution in [2.45, 2.75) is 12.6 Å². The first-order valence-electron chi connectivity index (χ1n) is 3.71. The summed E-state index contributed by atoms with van der Waals surface area (Å²) in [5.41, 5.74) is 0.0855. The number of carbonyl (C=O) groups is 1. The van der Waals surface area contributed by atoms with Gasteiger partial charge in [0.15, 0.2) is 0 Å². The van der Waals surface area contributed by atoms with E-state index >= 15 is 0 Å². The second-order valence-corrected chi connectivity index (χ2v) is 3.49. The highest BCUT2D eigenvalue weighted by Gasteiger charge is 2.37. The summed E-state index contributed by atoms with van der Waals surface area (Å²) in [7, 11) is 0. The molecule has 15 heavy (non-hydrogen) atoms. The summed E-state index contributed by atoms with van der Waals surface area (Å²) in [6, 6.07) is 2.33. The fourth-order valence-electron chi connectivity index (χ4n) is 0.902. The van der Waals surface area contributed by atoms with Crippen LogP contribution in [0.5, 0.6) is 0 Å². The SMILES string of the molecule is O=C(Cc1cc(Cl)nc(Cl)c1)C(F)(F)F. The maximum atomic E-state index is 11.9. The van der Waals surface area contributed by atoms with Gasteiger partial charge in [0.2, 0.25) is 5.78 Å². The fraction of sp³-hybridized carbons (Fsp3) is 0.250. The number of hydrogen-bond donors (Lipinski definition) is 0. The van der Waals surface area contributed by atoms with Gasteiger partial charge >= 0.3 is 6.18 Å². The highest BCUT2D eigenvalue weighted by atomic mass is 35.5. The van der Waals surface area contributed by atoms with Crippen LogP contribution in [-0.4, -0.2) is 16.9 Å². The van der Waals surface area contributed by atoms with Gasteiger partial charge < -0.3 is 0 Å². The van der Waals surface area contributed by atoms with Gasteiger partial charge in [0.05, 0.1) is 0 Å². The maximum Gasteiger partial charge on any atom is 0.450 e. The van der Waals surface area contributed by atoms with E-state index < -0.39 is 18.4 Å². The van der Waals surface area contributed by atoms with Crippen molar-refractivity contribution in [2.24, 2.45) is 0 Å². The van der Waals surface area contributed by atoms with E-state index in [2.05, 4.69) is 4.98 Å². The molecule has 0 aliphatic heterocycles. The summed E-state index contributed by atoms with van der Waals surface area (Å²) in [5.74, 6) is -1.85. The third-order valence-electron chi connectivity index (χ3n) is 1.50. The number of nitrogens with zero attached hydrogens (tertiary/aromatic N) is 1. The maximum absolute atomic E-state index is 11.9. The van der Waals surface area contributed by atoms with E-state index in [4.69, 9.17) is 23.2 Å². The zero-order valence-electron chi connectivity index (χ0n) is 7.11. The minimum Gasteiger partial charge on any atom is -0.289 e. The second kappa shape index (κ2) is 4.37. The van der Waals surface area contributed by atoms with Crippen molar-refractivity contribution >= 4 is 29.0 Å². The fourth-order valence-corrected chi connectivity index (χ4v) is 1.41. The Kier molecular flexibility index (Phi) is 3.57. The van der Waals surface area contributed by atoms with E-state index in [1.165, 1.54) is 0 Å². The molecule has 0 N–H and O–H groups in total. The molecule has 0 radical (unpaired) electrons. The average molecular weight is 258 g/mol. The van der Waals surface area contributed by atoms with Gasteiger partial charge in [-0.15, -0.1) is 0 Å². The van der Waals surface area contributed by atoms with E-state index in [-0.39, 0.29) is 15.9 Å². The topological polar surface area (TPSA) is 30.0 Å². The predicted octanol–water partition coefficient (Wildman–Crippen LogP) is 3.06. The van der Waals surface area contributed by atoms with Crippen LogP contribution >= 0.6 is 23.2 Å². The number of ketones is 1. The minimum absolute atomic E-state index is 0.0486. The Morgan fingerprint density at radius 3 is 2.13 bits per heavy atom. The lowest BCUT2D eigenvalue weighted by Crippen LogP contribution is -2.24. The summed E-state index contributed by atoms with van der Waals surface area (Å²) in [6.45, 7) is 0. The zero-order chi connectivity index (χ0) is 11.6. The molecule has 0 aliphatic carbocycles. The number of halogens is 5. The Morgan fingerprint density at radius 2 is 1.73 bits per heavy atom. The van der Waals surface area contributed by atoms with Gasteiger partial charge in [-0.1, -0.05) is 23.2 Å². The van der Waals surface area contributed by atoms with Gasteiger partial charge in [-0.25, -0.2) is 4.98 Å². The zero-order valence-corrected chi connectivity index (χ0v) is 8.62. The predicted molar refractivity (Wildman–Crippen MR) is 49.0 cm³/mol. The van der Waals surface area contributed by atoms with Crippen LogP contribution in [0.2, 0.25) is 10.3 Å². The lowest BCUT2D eigenvalue weighted by Gasteiger charge is -2.05. The van der Waals surface area contributed by atoms with Crippen LogP contribution in [0.4, 0.5) is 13.2 Å². The number of hydrogen-bond acceptors (Lipinski definition) is 2. The second-order valence-electron chi connectivity index (χ2n) is 2.72. The van der Waals surface area contributed by atoms with Crippen LogP contribution in [0, 0.1) is 0 Å². The van der Waals surface area contributed by atoms with Crippen molar-refractivity contribution in [3.63, 3.8) is 0 Å². The molecular formula is C8H4Cl2F3NO. The molecule has 0 amide bonds. The normalized spacial score (nSPS) is 11.5. The molecule has 0 saturated heterocycles. The first kappa shape index (κ1) is 12.3. The highest BCUT2D eigenvalue weighted by molar-refractivity contribution is 6.32. The molecule has 0 atom stereocenters. The summed E-state index contributed by atoms with van der Waals surface area (Å²) in [5, 5.41) is -0.0973. The molecule has 1 rings (SSSR count). The summed E-state index contributed by atoms with van der Waals surface area (Å²) in [4.78, 5) is 14.2. The van der Waals surface area contributed by atoms with Crippen LogP contribution in [0.1, 0.15) is 5.56 Å². The monoisotopic (exact) mass is 257 g/mol. The number of pyridine rings is 1. The molecule has 1 heterocycles. The highest BCUT2D eigenvalue weighted by Crippen LogP contribution is 2.21. The molecule has 0 spiro atoms. The first-order chi connectivity index (χ1) is 6.79. The summed E-state index contributed by atoms with van der Waals surface area (Å²) < 4.78 is 35.7. The number of Topliss-reactive ketones (excluding diaryl/α,β-unsaturated/α-hetero) is 1. The standard InChI is InChI=1S/C8H4Cl2F3NO/c9-6-2-4(3-7(10)14-6)1-5(15)8(11,12)13/h2-3H,1H2. The van der Waals surface area contributed by atoms with Crippen LogP contribution < -0.4 is 0 Å². The number of alkyl halides is 3. The quantitative estimate of drug-likeness (QED) is 0.763. The third-order valence-corrected chi connectivity index (χ3v) is 1.89. The van der Waals surface area contributed by atoms with Crippen LogP contribution in [-0.2, 0) is 11.2 Å². The Labute approximate surface area is 93.0 Å². The smallest absolute Gasteiger partial charge is 0.289 e. The van der Waals surface area contributed by atoms with Crippen molar-refractivity contribution < 1.29 is 18.0 Å². The van der Waals surface area contributed by atoms with Gasteiger partial charge in [-0.3, -0.25) is 4.79 Å². The number of rotatable bonds is 2. The molecule has 0 aliphatic rings. The van der Waals surface area contributed by atoms with Gasteiger partial charge in [0, 0.05) is 6.42 Å². The molecule has 0 unspecified atom stereocenters. The largest absolute Gasteiger partial charge is 0.450 e. The molecule has 0 fully saturated rings.